The van der Waals surface area contributed by atoms with E-state index in [0.717, 1.165) is 35.5 Å². The van der Waals surface area contributed by atoms with E-state index >= 15 is 0 Å². The zero-order valence-electron chi connectivity index (χ0n) is 21.2. The molecular formula is C27H32N6O3. The third-order valence-electron chi connectivity index (χ3n) is 6.84. The van der Waals surface area contributed by atoms with E-state index in [1.54, 1.807) is 22.8 Å². The SMILES string of the molecule is CC(=O)N1CC2(CCN(C(=O)OC(C)(C)C)CC2)c2cc(Nc3ncn(-c4ccccc4)n3)ccc21. The highest BCUT2D eigenvalue weighted by Crippen LogP contribution is 2.48. The molecule has 0 saturated carbocycles. The molecule has 2 aliphatic heterocycles. The van der Waals surface area contributed by atoms with Gasteiger partial charge in [0.1, 0.15) is 11.9 Å². The topological polar surface area (TPSA) is 92.6 Å². The van der Waals surface area contributed by atoms with Crippen molar-refractivity contribution in [2.45, 2.75) is 51.6 Å². The Morgan fingerprint density at radius 2 is 1.78 bits per heavy atom. The second-order valence-electron chi connectivity index (χ2n) is 10.6. The van der Waals surface area contributed by atoms with E-state index < -0.39 is 5.60 Å². The van der Waals surface area contributed by atoms with Crippen molar-refractivity contribution in [1.29, 1.82) is 0 Å². The number of ether oxygens (including phenoxy) is 1. The van der Waals surface area contributed by atoms with Crippen LogP contribution >= 0.6 is 0 Å². The average Bonchev–Trinajstić information content (AvgIpc) is 3.42. The Balaban J connectivity index is 1.37. The molecule has 1 N–H and O–H groups in total. The van der Waals surface area contributed by atoms with Crippen molar-refractivity contribution in [2.24, 2.45) is 0 Å². The van der Waals surface area contributed by atoms with Crippen LogP contribution in [0, 0.1) is 0 Å². The Kier molecular flexibility index (Phi) is 5.94. The number of carbonyl (C=O) groups is 2. The molecule has 0 atom stereocenters. The Bertz CT molecular complexity index is 1270. The number of nitrogens with zero attached hydrogens (tertiary/aromatic N) is 5. The summed E-state index contributed by atoms with van der Waals surface area (Å²) in [4.78, 5) is 33.1. The van der Waals surface area contributed by atoms with Gasteiger partial charge in [0.25, 0.3) is 0 Å². The Hall–Kier alpha value is -3.88. The van der Waals surface area contributed by atoms with E-state index in [9.17, 15) is 9.59 Å². The van der Waals surface area contributed by atoms with Gasteiger partial charge in [-0.15, -0.1) is 5.10 Å². The molecule has 1 fully saturated rings. The van der Waals surface area contributed by atoms with Gasteiger partial charge in [-0.25, -0.2) is 9.48 Å². The summed E-state index contributed by atoms with van der Waals surface area (Å²) >= 11 is 0. The molecule has 2 amide bonds. The molecule has 1 aromatic heterocycles. The van der Waals surface area contributed by atoms with Gasteiger partial charge in [0.05, 0.1) is 5.69 Å². The van der Waals surface area contributed by atoms with Crippen molar-refractivity contribution >= 4 is 29.3 Å². The van der Waals surface area contributed by atoms with E-state index in [2.05, 4.69) is 21.5 Å². The molecule has 5 rings (SSSR count). The van der Waals surface area contributed by atoms with Crippen LogP contribution in [0.25, 0.3) is 5.69 Å². The van der Waals surface area contributed by atoms with Crippen LogP contribution in [0.15, 0.2) is 54.9 Å². The fourth-order valence-corrected chi connectivity index (χ4v) is 5.05. The van der Waals surface area contributed by atoms with Gasteiger partial charge in [0.15, 0.2) is 0 Å². The number of benzene rings is 2. The number of rotatable bonds is 3. The fraction of sp³-hybridized carbons (Fsp3) is 0.407. The lowest BCUT2D eigenvalue weighted by atomic mass is 9.74. The lowest BCUT2D eigenvalue weighted by Crippen LogP contribution is -2.48. The quantitative estimate of drug-likeness (QED) is 0.577. The molecule has 3 heterocycles. The molecule has 0 unspecified atom stereocenters. The Morgan fingerprint density at radius 1 is 1.06 bits per heavy atom. The number of amides is 2. The highest BCUT2D eigenvalue weighted by Gasteiger charge is 2.46. The molecule has 3 aromatic rings. The monoisotopic (exact) mass is 488 g/mol. The van der Waals surface area contributed by atoms with Crippen LogP contribution in [-0.2, 0) is 14.9 Å². The molecule has 0 bridgehead atoms. The second-order valence-corrected chi connectivity index (χ2v) is 10.6. The zero-order valence-corrected chi connectivity index (χ0v) is 21.2. The first-order valence-corrected chi connectivity index (χ1v) is 12.3. The number of para-hydroxylation sites is 1. The van der Waals surface area contributed by atoms with Gasteiger partial charge in [-0.2, -0.15) is 4.98 Å². The summed E-state index contributed by atoms with van der Waals surface area (Å²) in [5.74, 6) is 0.515. The molecule has 0 radical (unpaired) electrons. The van der Waals surface area contributed by atoms with Crippen molar-refractivity contribution in [2.75, 3.05) is 29.9 Å². The third-order valence-corrected chi connectivity index (χ3v) is 6.84. The smallest absolute Gasteiger partial charge is 0.410 e. The molecule has 1 saturated heterocycles. The lowest BCUT2D eigenvalue weighted by Gasteiger charge is -2.40. The second kappa shape index (κ2) is 8.96. The van der Waals surface area contributed by atoms with Gasteiger partial charge < -0.3 is 19.9 Å². The van der Waals surface area contributed by atoms with Gasteiger partial charge >= 0.3 is 6.09 Å². The molecule has 9 heteroatoms. The predicted molar refractivity (Wildman–Crippen MR) is 138 cm³/mol. The van der Waals surface area contributed by atoms with Gasteiger partial charge in [0.2, 0.25) is 11.9 Å². The maximum Gasteiger partial charge on any atom is 0.410 e. The molecular weight excluding hydrogens is 456 g/mol. The predicted octanol–water partition coefficient (Wildman–Crippen LogP) is 4.65. The van der Waals surface area contributed by atoms with E-state index in [4.69, 9.17) is 4.74 Å². The Morgan fingerprint density at radius 3 is 2.44 bits per heavy atom. The van der Waals surface area contributed by atoms with E-state index in [1.807, 2.05) is 68.1 Å². The summed E-state index contributed by atoms with van der Waals surface area (Å²) < 4.78 is 7.30. The number of fused-ring (bicyclic) bond motifs is 2. The molecule has 2 aromatic carbocycles. The van der Waals surface area contributed by atoms with Gasteiger partial charge in [-0.05, 0) is 69.5 Å². The number of hydrogen-bond acceptors (Lipinski definition) is 6. The maximum absolute atomic E-state index is 12.6. The van der Waals surface area contributed by atoms with Crippen molar-refractivity contribution in [3.05, 3.63) is 60.4 Å². The van der Waals surface area contributed by atoms with Crippen LogP contribution in [0.5, 0.6) is 0 Å². The fourth-order valence-electron chi connectivity index (χ4n) is 5.05. The highest BCUT2D eigenvalue weighted by atomic mass is 16.6. The standard InChI is InChI=1S/C27H32N6O3/c1-19(34)32-17-27(12-14-31(15-13-27)25(35)36-26(2,3)4)22-16-20(10-11-23(22)32)29-24-28-18-33(30-24)21-8-6-5-7-9-21/h5-11,16,18H,12-15,17H2,1-4H3,(H,29,30). The van der Waals surface area contributed by atoms with Crippen LogP contribution in [0.3, 0.4) is 0 Å². The zero-order chi connectivity index (χ0) is 25.5. The first-order chi connectivity index (χ1) is 17.1. The minimum absolute atomic E-state index is 0.0201. The number of likely N-dealkylation sites (tertiary alicyclic amines) is 1. The minimum Gasteiger partial charge on any atom is -0.444 e. The van der Waals surface area contributed by atoms with Crippen molar-refractivity contribution in [3.63, 3.8) is 0 Å². The Labute approximate surface area is 211 Å². The summed E-state index contributed by atoms with van der Waals surface area (Å²) in [5, 5.41) is 7.86. The first-order valence-electron chi connectivity index (χ1n) is 12.3. The lowest BCUT2D eigenvalue weighted by molar-refractivity contribution is -0.116. The van der Waals surface area contributed by atoms with E-state index in [0.29, 0.717) is 25.6 Å². The van der Waals surface area contributed by atoms with Crippen molar-refractivity contribution < 1.29 is 14.3 Å². The van der Waals surface area contributed by atoms with Crippen molar-refractivity contribution in [1.82, 2.24) is 19.7 Å². The average molecular weight is 489 g/mol. The van der Waals surface area contributed by atoms with E-state index in [-0.39, 0.29) is 17.4 Å². The number of hydrogen-bond donors (Lipinski definition) is 1. The van der Waals surface area contributed by atoms with Crippen molar-refractivity contribution in [3.8, 4) is 5.69 Å². The summed E-state index contributed by atoms with van der Waals surface area (Å²) in [5.41, 5.74) is 3.10. The summed E-state index contributed by atoms with van der Waals surface area (Å²) in [6.07, 6.45) is 2.91. The molecule has 2 aliphatic rings. The molecule has 188 valence electrons. The van der Waals surface area contributed by atoms with E-state index in [1.165, 1.54) is 0 Å². The number of anilines is 3. The number of aromatic nitrogens is 3. The molecule has 9 nitrogen and oxygen atoms in total. The highest BCUT2D eigenvalue weighted by molar-refractivity contribution is 5.95. The van der Waals surface area contributed by atoms with Crippen LogP contribution in [0.4, 0.5) is 22.1 Å². The summed E-state index contributed by atoms with van der Waals surface area (Å²) in [6, 6.07) is 15.9. The number of nitrogens with one attached hydrogen (secondary N) is 1. The third kappa shape index (κ3) is 4.65. The largest absolute Gasteiger partial charge is 0.444 e. The maximum atomic E-state index is 12.6. The van der Waals surface area contributed by atoms with Gasteiger partial charge in [-0.3, -0.25) is 4.79 Å². The van der Waals surface area contributed by atoms with Gasteiger partial charge in [0, 0.05) is 43.3 Å². The summed E-state index contributed by atoms with van der Waals surface area (Å²) in [6.45, 7) is 9.01. The molecule has 36 heavy (non-hydrogen) atoms. The minimum atomic E-state index is -0.528. The first kappa shape index (κ1) is 23.8. The van der Waals surface area contributed by atoms with Crippen LogP contribution in [-0.4, -0.2) is 56.9 Å². The normalized spacial score (nSPS) is 16.7. The van der Waals surface area contributed by atoms with Crippen LogP contribution in [0.1, 0.15) is 46.1 Å². The number of carbonyl (C=O) groups excluding carboxylic acids is 2. The molecule has 0 aliphatic carbocycles. The van der Waals surface area contributed by atoms with Crippen LogP contribution in [0.2, 0.25) is 0 Å². The van der Waals surface area contributed by atoms with Gasteiger partial charge in [-0.1, -0.05) is 18.2 Å². The number of piperidine rings is 1. The van der Waals surface area contributed by atoms with Crippen LogP contribution < -0.4 is 10.2 Å². The summed E-state index contributed by atoms with van der Waals surface area (Å²) in [7, 11) is 0. The molecule has 1 spiro atoms.